The van der Waals surface area contributed by atoms with Gasteiger partial charge in [0.25, 0.3) is 0 Å². The molecule has 8 heteroatoms. The van der Waals surface area contributed by atoms with Crippen LogP contribution >= 0.6 is 34.7 Å². The Morgan fingerprint density at radius 3 is 2.88 bits per heavy atom. The number of hydrogen-bond acceptors (Lipinski definition) is 6. The van der Waals surface area contributed by atoms with Gasteiger partial charge in [-0.15, -0.1) is 21.5 Å². The average molecular weight is 406 g/mol. The number of thioether (sulfide) groups is 1. The first-order valence-corrected chi connectivity index (χ1v) is 10.4. The van der Waals surface area contributed by atoms with Gasteiger partial charge in [0, 0.05) is 11.6 Å². The molecule has 1 saturated carbocycles. The highest BCUT2D eigenvalue weighted by Gasteiger charge is 2.30. The van der Waals surface area contributed by atoms with E-state index in [0.29, 0.717) is 22.4 Å². The van der Waals surface area contributed by atoms with Crippen LogP contribution in [0.25, 0.3) is 10.7 Å². The molecule has 2 heterocycles. The predicted octanol–water partition coefficient (Wildman–Crippen LogP) is 4.98. The molecule has 0 atom stereocenters. The van der Waals surface area contributed by atoms with E-state index in [-0.39, 0.29) is 11.5 Å². The van der Waals surface area contributed by atoms with Gasteiger partial charge in [0.1, 0.15) is 5.75 Å². The van der Waals surface area contributed by atoms with Crippen molar-refractivity contribution in [1.29, 1.82) is 0 Å². The molecule has 0 aliphatic heterocycles. The molecule has 2 aromatic heterocycles. The Morgan fingerprint density at radius 2 is 2.23 bits per heavy atom. The first-order chi connectivity index (χ1) is 12.7. The number of ether oxygens (including phenoxy) is 1. The van der Waals surface area contributed by atoms with Gasteiger partial charge in [-0.3, -0.25) is 9.36 Å². The smallest absolute Gasteiger partial charge is 0.192 e. The molecule has 0 saturated heterocycles. The minimum Gasteiger partial charge on any atom is -0.495 e. The molecule has 4 rings (SSSR count). The van der Waals surface area contributed by atoms with E-state index in [2.05, 4.69) is 14.8 Å². The van der Waals surface area contributed by atoms with Crippen molar-refractivity contribution in [2.45, 2.75) is 24.0 Å². The molecule has 3 aromatic rings. The van der Waals surface area contributed by atoms with E-state index in [1.807, 2.05) is 17.5 Å². The zero-order valence-electron chi connectivity index (χ0n) is 14.0. The summed E-state index contributed by atoms with van der Waals surface area (Å²) >= 11 is 9.19. The molecule has 0 radical (unpaired) electrons. The summed E-state index contributed by atoms with van der Waals surface area (Å²) in [6.45, 7) is 0. The van der Waals surface area contributed by atoms with Gasteiger partial charge in [0.2, 0.25) is 0 Å². The fraction of sp³-hybridized carbons (Fsp3) is 0.278. The Hall–Kier alpha value is -1.83. The second-order valence-electron chi connectivity index (χ2n) is 5.95. The van der Waals surface area contributed by atoms with Crippen LogP contribution in [-0.4, -0.2) is 33.4 Å². The maximum absolute atomic E-state index is 12.5. The minimum absolute atomic E-state index is 0.00238. The number of nitrogens with zero attached hydrogens (tertiary/aromatic N) is 3. The molecule has 0 bridgehead atoms. The maximum Gasteiger partial charge on any atom is 0.192 e. The van der Waals surface area contributed by atoms with E-state index >= 15 is 0 Å². The van der Waals surface area contributed by atoms with Crippen LogP contribution in [0.1, 0.15) is 29.2 Å². The summed E-state index contributed by atoms with van der Waals surface area (Å²) in [6.07, 6.45) is 2.26. The lowest BCUT2D eigenvalue weighted by Gasteiger charge is -2.08. The Bertz CT molecular complexity index is 936. The molecule has 1 aromatic carbocycles. The fourth-order valence-electron chi connectivity index (χ4n) is 2.66. The van der Waals surface area contributed by atoms with Gasteiger partial charge in [0.05, 0.1) is 22.8 Å². The van der Waals surface area contributed by atoms with E-state index in [9.17, 15) is 4.79 Å². The van der Waals surface area contributed by atoms with Gasteiger partial charge in [-0.2, -0.15) is 0 Å². The molecular weight excluding hydrogens is 390 g/mol. The lowest BCUT2D eigenvalue weighted by Crippen LogP contribution is -2.05. The maximum atomic E-state index is 12.5. The standard InChI is InChI=1S/C18H16ClN3O2S2/c1-24-15-7-4-11(9-13(15)19)14(23)10-26-18-21-20-17(16-3-2-8-25-16)22(18)12-5-6-12/h2-4,7-9,12H,5-6,10H2,1H3. The number of hydrogen-bond donors (Lipinski definition) is 0. The summed E-state index contributed by atoms with van der Waals surface area (Å²) in [5, 5.41) is 12.0. The van der Waals surface area contributed by atoms with Crippen molar-refractivity contribution in [1.82, 2.24) is 14.8 Å². The van der Waals surface area contributed by atoms with Gasteiger partial charge in [-0.1, -0.05) is 29.4 Å². The van der Waals surface area contributed by atoms with Gasteiger partial charge >= 0.3 is 0 Å². The molecule has 1 aliphatic carbocycles. The van der Waals surface area contributed by atoms with Crippen LogP contribution < -0.4 is 4.74 Å². The Balaban J connectivity index is 1.51. The summed E-state index contributed by atoms with van der Waals surface area (Å²) in [7, 11) is 1.55. The van der Waals surface area contributed by atoms with Gasteiger partial charge < -0.3 is 4.74 Å². The van der Waals surface area contributed by atoms with Gasteiger partial charge in [-0.25, -0.2) is 0 Å². The highest BCUT2D eigenvalue weighted by Crippen LogP contribution is 2.41. The van der Waals surface area contributed by atoms with Gasteiger partial charge in [0.15, 0.2) is 16.8 Å². The zero-order chi connectivity index (χ0) is 18.1. The number of benzene rings is 1. The number of rotatable bonds is 7. The van der Waals surface area contributed by atoms with E-state index in [4.69, 9.17) is 16.3 Å². The van der Waals surface area contributed by atoms with Crippen LogP contribution in [0, 0.1) is 0 Å². The third-order valence-corrected chi connectivity index (χ3v) is 6.23. The SMILES string of the molecule is COc1ccc(C(=O)CSc2nnc(-c3cccs3)n2C2CC2)cc1Cl. The number of halogens is 1. The van der Waals surface area contributed by atoms with Crippen LogP contribution in [0.4, 0.5) is 0 Å². The molecule has 134 valence electrons. The van der Waals surface area contributed by atoms with E-state index in [1.54, 1.807) is 36.6 Å². The fourth-order valence-corrected chi connectivity index (χ4v) is 4.53. The number of thiophene rings is 1. The third-order valence-electron chi connectivity index (χ3n) is 4.12. The summed E-state index contributed by atoms with van der Waals surface area (Å²) < 4.78 is 7.30. The summed E-state index contributed by atoms with van der Waals surface area (Å²) in [4.78, 5) is 13.6. The largest absolute Gasteiger partial charge is 0.495 e. The molecule has 0 spiro atoms. The third kappa shape index (κ3) is 3.51. The van der Waals surface area contributed by atoms with Crippen LogP contribution in [-0.2, 0) is 0 Å². The van der Waals surface area contributed by atoms with E-state index in [0.717, 1.165) is 28.7 Å². The average Bonchev–Trinajstić information content (AvgIpc) is 3.17. The molecule has 0 amide bonds. The number of Topliss-reactive ketones (excluding diaryl/α,β-unsaturated/α-hetero) is 1. The molecule has 0 unspecified atom stereocenters. The minimum atomic E-state index is 0.00238. The second kappa shape index (κ2) is 7.42. The lowest BCUT2D eigenvalue weighted by atomic mass is 10.1. The number of carbonyl (C=O) groups excluding carboxylic acids is 1. The highest BCUT2D eigenvalue weighted by atomic mass is 35.5. The van der Waals surface area contributed by atoms with Crippen molar-refractivity contribution >= 4 is 40.5 Å². The molecule has 1 aliphatic rings. The second-order valence-corrected chi connectivity index (χ2v) is 8.24. The Labute approximate surface area is 164 Å². The van der Waals surface area contributed by atoms with Crippen molar-refractivity contribution < 1.29 is 9.53 Å². The summed E-state index contributed by atoms with van der Waals surface area (Å²) in [6, 6.07) is 9.59. The number of ketones is 1. The van der Waals surface area contributed by atoms with Crippen LogP contribution in [0.5, 0.6) is 5.75 Å². The number of carbonyl (C=O) groups is 1. The lowest BCUT2D eigenvalue weighted by molar-refractivity contribution is 0.102. The van der Waals surface area contributed by atoms with Crippen molar-refractivity contribution in [2.75, 3.05) is 12.9 Å². The van der Waals surface area contributed by atoms with Crippen molar-refractivity contribution in [2.24, 2.45) is 0 Å². The first kappa shape index (κ1) is 17.6. The molecule has 5 nitrogen and oxygen atoms in total. The zero-order valence-corrected chi connectivity index (χ0v) is 16.4. The number of methoxy groups -OCH3 is 1. The highest BCUT2D eigenvalue weighted by molar-refractivity contribution is 7.99. The summed E-state index contributed by atoms with van der Waals surface area (Å²) in [5.74, 6) is 1.75. The molecule has 1 fully saturated rings. The van der Waals surface area contributed by atoms with Crippen molar-refractivity contribution in [3.05, 3.63) is 46.3 Å². The van der Waals surface area contributed by atoms with E-state index in [1.165, 1.54) is 11.8 Å². The van der Waals surface area contributed by atoms with Gasteiger partial charge in [-0.05, 0) is 42.5 Å². The van der Waals surface area contributed by atoms with Crippen LogP contribution in [0.3, 0.4) is 0 Å². The van der Waals surface area contributed by atoms with Crippen molar-refractivity contribution in [3.63, 3.8) is 0 Å². The number of aromatic nitrogens is 3. The summed E-state index contributed by atoms with van der Waals surface area (Å²) in [5.41, 5.74) is 0.569. The Morgan fingerprint density at radius 1 is 1.38 bits per heavy atom. The molecule has 26 heavy (non-hydrogen) atoms. The topological polar surface area (TPSA) is 57.0 Å². The monoisotopic (exact) mass is 405 g/mol. The normalized spacial score (nSPS) is 13.8. The van der Waals surface area contributed by atoms with E-state index < -0.39 is 0 Å². The Kier molecular flexibility index (Phi) is 5.02. The van der Waals surface area contributed by atoms with Crippen molar-refractivity contribution in [3.8, 4) is 16.5 Å². The van der Waals surface area contributed by atoms with Crippen LogP contribution in [0.15, 0.2) is 40.9 Å². The predicted molar refractivity (Wildman–Crippen MR) is 105 cm³/mol. The first-order valence-electron chi connectivity index (χ1n) is 8.15. The quantitative estimate of drug-likeness (QED) is 0.410. The van der Waals surface area contributed by atoms with Crippen LogP contribution in [0.2, 0.25) is 5.02 Å². The molecular formula is C18H16ClN3O2S2. The molecule has 0 N–H and O–H groups in total.